The quantitative estimate of drug-likeness (QED) is 0.549. The maximum Gasteiger partial charge on any atom is 0.326 e. The molecule has 2 bridgehead atoms. The van der Waals surface area contributed by atoms with Crippen LogP contribution < -0.4 is 19.7 Å². The van der Waals surface area contributed by atoms with Gasteiger partial charge in [-0.15, -0.1) is 0 Å². The molecule has 1 saturated carbocycles. The van der Waals surface area contributed by atoms with E-state index in [1.54, 1.807) is 7.11 Å². The van der Waals surface area contributed by atoms with Gasteiger partial charge in [-0.05, 0) is 85.5 Å². The van der Waals surface area contributed by atoms with E-state index in [-0.39, 0.29) is 6.03 Å². The van der Waals surface area contributed by atoms with Crippen LogP contribution in [0, 0.1) is 17.3 Å². The lowest BCUT2D eigenvalue weighted by atomic mass is 9.49. The zero-order valence-corrected chi connectivity index (χ0v) is 18.9. The summed E-state index contributed by atoms with van der Waals surface area (Å²) in [5.74, 6) is 2.88. The van der Waals surface area contributed by atoms with Crippen molar-refractivity contribution in [3.05, 3.63) is 60.2 Å². The molecule has 1 N–H and O–H groups in total. The fourth-order valence-corrected chi connectivity index (χ4v) is 4.87. The molecule has 0 unspecified atom stereocenters. The van der Waals surface area contributed by atoms with Crippen LogP contribution in [0.4, 0.5) is 16.2 Å². The van der Waals surface area contributed by atoms with Crippen molar-refractivity contribution in [2.24, 2.45) is 17.3 Å². The Labute approximate surface area is 185 Å². The Balaban J connectivity index is 1.57. The molecule has 1 fully saturated rings. The minimum absolute atomic E-state index is 0.144. The number of urea groups is 1. The molecule has 2 atom stereocenters. The smallest absolute Gasteiger partial charge is 0.326 e. The first kappa shape index (κ1) is 21.3. The van der Waals surface area contributed by atoms with E-state index in [2.05, 4.69) is 25.2 Å². The van der Waals surface area contributed by atoms with E-state index >= 15 is 0 Å². The van der Waals surface area contributed by atoms with Crippen LogP contribution in [-0.2, 0) is 0 Å². The average molecular weight is 421 g/mol. The van der Waals surface area contributed by atoms with Crippen molar-refractivity contribution in [2.75, 3.05) is 30.5 Å². The van der Waals surface area contributed by atoms with Crippen molar-refractivity contribution in [3.8, 4) is 11.5 Å². The first-order chi connectivity index (χ1) is 14.9. The summed E-state index contributed by atoms with van der Waals surface area (Å²) in [6.07, 6.45) is 4.69. The van der Waals surface area contributed by atoms with Gasteiger partial charge in [-0.2, -0.15) is 0 Å². The van der Waals surface area contributed by atoms with E-state index in [0.717, 1.165) is 35.2 Å². The van der Waals surface area contributed by atoms with E-state index in [0.29, 0.717) is 24.5 Å². The summed E-state index contributed by atoms with van der Waals surface area (Å²) < 4.78 is 10.8. The Kier molecular flexibility index (Phi) is 5.94. The molecule has 0 saturated heterocycles. The Hall–Kier alpha value is -2.95. The van der Waals surface area contributed by atoms with Gasteiger partial charge in [0.1, 0.15) is 11.5 Å². The van der Waals surface area contributed by atoms with Gasteiger partial charge in [-0.3, -0.25) is 4.90 Å². The zero-order valence-electron chi connectivity index (χ0n) is 18.9. The van der Waals surface area contributed by atoms with E-state index in [1.807, 2.05) is 60.4 Å². The van der Waals surface area contributed by atoms with Crippen molar-refractivity contribution in [3.63, 3.8) is 0 Å². The lowest BCUT2D eigenvalue weighted by Crippen LogP contribution is -2.50. The fourth-order valence-electron chi connectivity index (χ4n) is 4.87. The number of rotatable bonds is 7. The standard InChI is InChI=1S/C26H32N2O3/c1-5-31-23-14-10-21(11-15-23)28(17-18-6-7-19-16-24(18)26(19,2)3)25(29)27-20-8-12-22(30-4)13-9-20/h6,8-15,19,24H,5,7,16-17H2,1-4H3,(H,27,29)/t19-,24+/m1/s1. The number of fused-ring (bicyclic) bond motifs is 1. The molecule has 0 aromatic heterocycles. The average Bonchev–Trinajstić information content (AvgIpc) is 2.78. The number of hydrogen-bond acceptors (Lipinski definition) is 3. The van der Waals surface area contributed by atoms with Gasteiger partial charge in [-0.25, -0.2) is 4.79 Å². The number of anilines is 2. The summed E-state index contributed by atoms with van der Waals surface area (Å²) in [5.41, 5.74) is 3.28. The molecule has 2 aromatic carbocycles. The van der Waals surface area contributed by atoms with Gasteiger partial charge in [0.05, 0.1) is 13.7 Å². The van der Waals surface area contributed by atoms with Gasteiger partial charge in [-0.1, -0.05) is 25.5 Å². The van der Waals surface area contributed by atoms with Gasteiger partial charge in [0.25, 0.3) is 0 Å². The molecule has 2 amide bonds. The number of ether oxygens (including phenoxy) is 2. The molecule has 2 aromatic rings. The number of allylic oxidation sites excluding steroid dienone is 1. The lowest BCUT2D eigenvalue weighted by molar-refractivity contribution is -0.00666. The number of nitrogens with one attached hydrogen (secondary N) is 1. The van der Waals surface area contributed by atoms with Gasteiger partial charge in [0, 0.05) is 17.9 Å². The van der Waals surface area contributed by atoms with Crippen LogP contribution in [0.15, 0.2) is 60.2 Å². The van der Waals surface area contributed by atoms with Gasteiger partial charge in [0.2, 0.25) is 0 Å². The molecule has 3 aliphatic carbocycles. The molecule has 0 radical (unpaired) electrons. The third-order valence-corrected chi connectivity index (χ3v) is 6.97. The molecule has 3 aliphatic rings. The largest absolute Gasteiger partial charge is 0.497 e. The Bertz CT molecular complexity index is 948. The van der Waals surface area contributed by atoms with Crippen molar-refractivity contribution in [1.29, 1.82) is 0 Å². The minimum atomic E-state index is -0.144. The van der Waals surface area contributed by atoms with Gasteiger partial charge in [0.15, 0.2) is 0 Å². The van der Waals surface area contributed by atoms with E-state index in [9.17, 15) is 4.79 Å². The Morgan fingerprint density at radius 1 is 1.10 bits per heavy atom. The fraction of sp³-hybridized carbons (Fsp3) is 0.423. The topological polar surface area (TPSA) is 50.8 Å². The molecular formula is C26H32N2O3. The highest BCUT2D eigenvalue weighted by Gasteiger charge is 2.51. The van der Waals surface area contributed by atoms with E-state index in [4.69, 9.17) is 9.47 Å². The van der Waals surface area contributed by atoms with Gasteiger partial charge < -0.3 is 14.8 Å². The first-order valence-electron chi connectivity index (χ1n) is 11.1. The van der Waals surface area contributed by atoms with Crippen molar-refractivity contribution >= 4 is 17.4 Å². The number of nitrogens with zero attached hydrogens (tertiary/aromatic N) is 1. The molecule has 31 heavy (non-hydrogen) atoms. The Morgan fingerprint density at radius 3 is 2.35 bits per heavy atom. The number of hydrogen-bond donors (Lipinski definition) is 1. The lowest BCUT2D eigenvalue weighted by Gasteiger charge is -2.57. The molecule has 0 heterocycles. The van der Waals surface area contributed by atoms with Crippen LogP contribution in [0.1, 0.15) is 33.6 Å². The summed E-state index contributed by atoms with van der Waals surface area (Å²) in [6, 6.07) is 15.0. The first-order valence-corrected chi connectivity index (χ1v) is 11.1. The third-order valence-electron chi connectivity index (χ3n) is 6.97. The number of methoxy groups -OCH3 is 1. The summed E-state index contributed by atoms with van der Waals surface area (Å²) in [4.78, 5) is 15.2. The van der Waals surface area contributed by atoms with E-state index in [1.165, 1.54) is 12.0 Å². The maximum atomic E-state index is 13.4. The van der Waals surface area contributed by atoms with Crippen molar-refractivity contribution < 1.29 is 14.3 Å². The number of benzene rings is 2. The molecule has 0 spiro atoms. The third kappa shape index (κ3) is 4.27. The van der Waals surface area contributed by atoms with Crippen molar-refractivity contribution in [2.45, 2.75) is 33.6 Å². The predicted octanol–water partition coefficient (Wildman–Crippen LogP) is 6.12. The molecule has 164 valence electrons. The number of carbonyl (C=O) groups is 1. The molecule has 0 aliphatic heterocycles. The summed E-state index contributed by atoms with van der Waals surface area (Å²) in [6.45, 7) is 7.89. The second kappa shape index (κ2) is 8.66. The molecular weight excluding hydrogens is 388 g/mol. The molecule has 5 heteroatoms. The van der Waals surface area contributed by atoms with Crippen LogP contribution >= 0.6 is 0 Å². The predicted molar refractivity (Wildman–Crippen MR) is 125 cm³/mol. The minimum Gasteiger partial charge on any atom is -0.497 e. The number of amides is 2. The Morgan fingerprint density at radius 2 is 1.77 bits per heavy atom. The van der Waals surface area contributed by atoms with Crippen molar-refractivity contribution in [1.82, 2.24) is 0 Å². The highest BCUT2D eigenvalue weighted by atomic mass is 16.5. The monoisotopic (exact) mass is 420 g/mol. The van der Waals surface area contributed by atoms with Crippen LogP contribution in [0.3, 0.4) is 0 Å². The van der Waals surface area contributed by atoms with Crippen LogP contribution in [0.25, 0.3) is 0 Å². The second-order valence-corrected chi connectivity index (χ2v) is 8.99. The van der Waals surface area contributed by atoms with Crippen LogP contribution in [0.2, 0.25) is 0 Å². The van der Waals surface area contributed by atoms with Crippen LogP contribution in [0.5, 0.6) is 11.5 Å². The highest BCUT2D eigenvalue weighted by Crippen LogP contribution is 2.59. The van der Waals surface area contributed by atoms with Gasteiger partial charge >= 0.3 is 6.03 Å². The number of carbonyl (C=O) groups excluding carboxylic acids is 1. The second-order valence-electron chi connectivity index (χ2n) is 8.99. The summed E-state index contributed by atoms with van der Waals surface area (Å²) >= 11 is 0. The summed E-state index contributed by atoms with van der Waals surface area (Å²) in [7, 11) is 1.63. The highest BCUT2D eigenvalue weighted by molar-refractivity contribution is 6.02. The van der Waals surface area contributed by atoms with E-state index < -0.39 is 0 Å². The summed E-state index contributed by atoms with van der Waals surface area (Å²) in [5, 5.41) is 3.04. The van der Waals surface area contributed by atoms with Crippen LogP contribution in [-0.4, -0.2) is 26.3 Å². The zero-order chi connectivity index (χ0) is 22.0. The molecule has 5 rings (SSSR count). The molecule has 5 nitrogen and oxygen atoms in total. The SMILES string of the molecule is CCOc1ccc(N(CC2=CC[C@@H]3C[C@@H]2C3(C)C)C(=O)Nc2ccc(OC)cc2)cc1. The normalized spacial score (nSPS) is 20.8. The maximum absolute atomic E-state index is 13.4.